The van der Waals surface area contributed by atoms with Gasteiger partial charge in [0.05, 0.1) is 0 Å². The van der Waals surface area contributed by atoms with E-state index in [4.69, 9.17) is 9.97 Å². The fourth-order valence-electron chi connectivity index (χ4n) is 6.54. The molecule has 0 aliphatic heterocycles. The summed E-state index contributed by atoms with van der Waals surface area (Å²) in [6.07, 6.45) is 26.4. The second kappa shape index (κ2) is 13.4. The van der Waals surface area contributed by atoms with Gasteiger partial charge in [0, 0.05) is 18.0 Å². The minimum atomic E-state index is 0.663. The van der Waals surface area contributed by atoms with Crippen molar-refractivity contribution in [1.29, 1.82) is 0 Å². The van der Waals surface area contributed by atoms with E-state index in [9.17, 15) is 0 Å². The minimum absolute atomic E-state index is 0.663. The molecule has 0 unspecified atom stereocenters. The van der Waals surface area contributed by atoms with Gasteiger partial charge in [-0.25, -0.2) is 9.97 Å². The van der Waals surface area contributed by atoms with Crippen LogP contribution in [0, 0.1) is 11.8 Å². The van der Waals surface area contributed by atoms with Gasteiger partial charge in [0.2, 0.25) is 0 Å². The number of hydrogen-bond donors (Lipinski definition) is 0. The topological polar surface area (TPSA) is 25.8 Å². The van der Waals surface area contributed by atoms with Crippen molar-refractivity contribution in [2.75, 3.05) is 0 Å². The molecule has 2 aliphatic rings. The summed E-state index contributed by atoms with van der Waals surface area (Å²) in [7, 11) is 0. The Balaban J connectivity index is 1.25. The average Bonchev–Trinajstić information content (AvgIpc) is 2.90. The molecule has 0 radical (unpaired) electrons. The number of hydrogen-bond acceptors (Lipinski definition) is 2. The van der Waals surface area contributed by atoms with E-state index in [0.29, 0.717) is 5.92 Å². The number of aromatic nitrogens is 2. The first kappa shape index (κ1) is 25.4. The highest BCUT2D eigenvalue weighted by Crippen LogP contribution is 2.39. The first-order valence-electron chi connectivity index (χ1n) is 14.7. The smallest absolute Gasteiger partial charge is 0.159 e. The zero-order valence-electron chi connectivity index (χ0n) is 22.0. The Morgan fingerprint density at radius 2 is 1.06 bits per heavy atom. The monoisotopic (exact) mass is 460 g/mol. The summed E-state index contributed by atoms with van der Waals surface area (Å²) < 4.78 is 0. The molecule has 0 spiro atoms. The van der Waals surface area contributed by atoms with Crippen molar-refractivity contribution >= 4 is 0 Å². The van der Waals surface area contributed by atoms with Crippen molar-refractivity contribution in [3.8, 4) is 11.4 Å². The Labute approximate surface area is 209 Å². The molecule has 1 heterocycles. The van der Waals surface area contributed by atoms with Crippen LogP contribution in [-0.4, -0.2) is 9.97 Å². The maximum atomic E-state index is 4.78. The molecule has 0 atom stereocenters. The molecule has 0 amide bonds. The number of benzene rings is 1. The van der Waals surface area contributed by atoms with E-state index in [1.165, 1.54) is 114 Å². The fraction of sp³-hybridized carbons (Fsp3) is 0.688. The van der Waals surface area contributed by atoms with Crippen LogP contribution in [0.25, 0.3) is 11.4 Å². The predicted molar refractivity (Wildman–Crippen MR) is 145 cm³/mol. The third kappa shape index (κ3) is 7.15. The fourth-order valence-corrected chi connectivity index (χ4v) is 6.54. The van der Waals surface area contributed by atoms with Gasteiger partial charge in [-0.2, -0.15) is 0 Å². The third-order valence-electron chi connectivity index (χ3n) is 8.91. The van der Waals surface area contributed by atoms with Crippen LogP contribution < -0.4 is 0 Å². The molecular formula is C32H48N2. The van der Waals surface area contributed by atoms with Crippen LogP contribution in [0.4, 0.5) is 0 Å². The predicted octanol–water partition coefficient (Wildman–Crippen LogP) is 9.85. The molecule has 2 aliphatic carbocycles. The van der Waals surface area contributed by atoms with Crippen molar-refractivity contribution in [2.24, 2.45) is 11.8 Å². The highest BCUT2D eigenvalue weighted by Gasteiger charge is 2.23. The van der Waals surface area contributed by atoms with Crippen molar-refractivity contribution in [2.45, 2.75) is 128 Å². The van der Waals surface area contributed by atoms with Crippen molar-refractivity contribution in [1.82, 2.24) is 9.97 Å². The molecule has 2 fully saturated rings. The van der Waals surface area contributed by atoms with Gasteiger partial charge in [-0.15, -0.1) is 0 Å². The largest absolute Gasteiger partial charge is 0.236 e. The summed E-state index contributed by atoms with van der Waals surface area (Å²) in [6, 6.07) is 9.18. The summed E-state index contributed by atoms with van der Waals surface area (Å²) in [4.78, 5) is 9.56. The van der Waals surface area contributed by atoms with Gasteiger partial charge in [0.1, 0.15) is 0 Å². The van der Waals surface area contributed by atoms with Crippen LogP contribution in [0.15, 0.2) is 36.7 Å². The van der Waals surface area contributed by atoms with E-state index in [1.807, 2.05) is 0 Å². The van der Waals surface area contributed by atoms with Crippen LogP contribution in [0.3, 0.4) is 0 Å². The Kier molecular flexibility index (Phi) is 10.0. The maximum absolute atomic E-state index is 4.78. The summed E-state index contributed by atoms with van der Waals surface area (Å²) in [6.45, 7) is 4.61. The number of rotatable bonds is 11. The molecule has 2 saturated carbocycles. The van der Waals surface area contributed by atoms with Crippen LogP contribution in [0.5, 0.6) is 0 Å². The Morgan fingerprint density at radius 1 is 0.588 bits per heavy atom. The van der Waals surface area contributed by atoms with Crippen molar-refractivity contribution in [3.63, 3.8) is 0 Å². The first-order chi connectivity index (χ1) is 16.8. The van der Waals surface area contributed by atoms with E-state index >= 15 is 0 Å². The molecule has 2 aromatic rings. The van der Waals surface area contributed by atoms with Gasteiger partial charge in [-0.1, -0.05) is 89.5 Å². The Morgan fingerprint density at radius 3 is 1.53 bits per heavy atom. The van der Waals surface area contributed by atoms with E-state index in [2.05, 4.69) is 50.5 Å². The molecule has 2 nitrogen and oxygen atoms in total. The lowest BCUT2D eigenvalue weighted by Crippen LogP contribution is -2.14. The molecule has 2 heteroatoms. The van der Waals surface area contributed by atoms with Crippen LogP contribution in [0.2, 0.25) is 0 Å². The van der Waals surface area contributed by atoms with Gasteiger partial charge in [-0.3, -0.25) is 0 Å². The highest BCUT2D eigenvalue weighted by atomic mass is 14.9. The second-order valence-corrected chi connectivity index (χ2v) is 11.4. The van der Waals surface area contributed by atoms with Crippen molar-refractivity contribution in [3.05, 3.63) is 47.8 Å². The van der Waals surface area contributed by atoms with Crippen LogP contribution in [0.1, 0.15) is 140 Å². The Hall–Kier alpha value is -1.70. The van der Waals surface area contributed by atoms with Gasteiger partial charge in [0.15, 0.2) is 5.82 Å². The van der Waals surface area contributed by atoms with E-state index in [-0.39, 0.29) is 0 Å². The molecular weight excluding hydrogens is 412 g/mol. The van der Waals surface area contributed by atoms with E-state index in [0.717, 1.165) is 29.1 Å². The molecule has 4 rings (SSSR count). The summed E-state index contributed by atoms with van der Waals surface area (Å²) in [5.74, 6) is 4.22. The lowest BCUT2D eigenvalue weighted by atomic mass is 9.77. The molecule has 34 heavy (non-hydrogen) atoms. The normalized spacial score (nSPS) is 25.4. The molecule has 1 aromatic heterocycles. The van der Waals surface area contributed by atoms with E-state index in [1.54, 1.807) is 0 Å². The van der Waals surface area contributed by atoms with Gasteiger partial charge in [-0.05, 0) is 86.2 Å². The SMILES string of the molecule is CCCCCC1CCC(c2ccc(-c3ncc(C4CCC(CCCCC)CC4)cn3)cc2)CC1. The quantitative estimate of drug-likeness (QED) is 0.312. The highest BCUT2D eigenvalue weighted by molar-refractivity contribution is 5.55. The van der Waals surface area contributed by atoms with Gasteiger partial charge in [0.25, 0.3) is 0 Å². The van der Waals surface area contributed by atoms with Crippen LogP contribution in [-0.2, 0) is 0 Å². The molecule has 0 N–H and O–H groups in total. The van der Waals surface area contributed by atoms with Crippen LogP contribution >= 0.6 is 0 Å². The first-order valence-corrected chi connectivity index (χ1v) is 14.7. The maximum Gasteiger partial charge on any atom is 0.159 e. The zero-order chi connectivity index (χ0) is 23.6. The lowest BCUT2D eigenvalue weighted by Gasteiger charge is -2.29. The molecule has 1 aromatic carbocycles. The molecule has 186 valence electrons. The summed E-state index contributed by atoms with van der Waals surface area (Å²) >= 11 is 0. The van der Waals surface area contributed by atoms with Crippen molar-refractivity contribution < 1.29 is 0 Å². The summed E-state index contributed by atoms with van der Waals surface area (Å²) in [5, 5.41) is 0. The average molecular weight is 461 g/mol. The van der Waals surface area contributed by atoms with E-state index < -0.39 is 0 Å². The zero-order valence-corrected chi connectivity index (χ0v) is 22.0. The number of nitrogens with zero attached hydrogens (tertiary/aromatic N) is 2. The minimum Gasteiger partial charge on any atom is -0.236 e. The second-order valence-electron chi connectivity index (χ2n) is 11.4. The molecule has 0 bridgehead atoms. The molecule has 0 saturated heterocycles. The third-order valence-corrected chi connectivity index (χ3v) is 8.91. The number of unbranched alkanes of at least 4 members (excludes halogenated alkanes) is 4. The summed E-state index contributed by atoms with van der Waals surface area (Å²) in [5.41, 5.74) is 4.02. The standard InChI is InChI=1S/C32H48N2/c1-3-5-7-9-25-11-15-27(16-12-25)28-19-21-30(22-20-28)32-33-23-31(24-34-32)29-17-13-26(14-18-29)10-8-6-4-2/h19-27,29H,3-18H2,1-2H3. The Bertz CT molecular complexity index is 738. The van der Waals surface area contributed by atoms with Gasteiger partial charge >= 0.3 is 0 Å². The lowest BCUT2D eigenvalue weighted by molar-refractivity contribution is 0.302. The van der Waals surface area contributed by atoms with Gasteiger partial charge < -0.3 is 0 Å².